The Balaban J connectivity index is 1.55. The van der Waals surface area contributed by atoms with Gasteiger partial charge in [-0.2, -0.15) is 0 Å². The Kier molecular flexibility index (Phi) is 15.4. The molecule has 0 aliphatic heterocycles. The van der Waals surface area contributed by atoms with Gasteiger partial charge in [0.25, 0.3) is 11.8 Å². The summed E-state index contributed by atoms with van der Waals surface area (Å²) in [6.45, 7) is 9.29. The molecular formula is C38H51N5O8. The number of para-hydroxylation sites is 1. The number of amides is 5. The van der Waals surface area contributed by atoms with Gasteiger partial charge < -0.3 is 45.1 Å². The van der Waals surface area contributed by atoms with Gasteiger partial charge in [0, 0.05) is 44.9 Å². The first kappa shape index (κ1) is 40.0. The van der Waals surface area contributed by atoms with Crippen molar-refractivity contribution in [3.05, 3.63) is 82.9 Å². The molecule has 0 radical (unpaired) electrons. The van der Waals surface area contributed by atoms with Crippen LogP contribution >= 0.6 is 0 Å². The van der Waals surface area contributed by atoms with E-state index in [1.807, 2.05) is 25.1 Å². The molecule has 0 spiro atoms. The molecule has 0 saturated carbocycles. The predicted octanol–water partition coefficient (Wildman–Crippen LogP) is 5.91. The maximum Gasteiger partial charge on any atom is 0.407 e. The Bertz CT molecular complexity index is 1640. The Hall–Kier alpha value is -5.46. The highest BCUT2D eigenvalue weighted by Gasteiger charge is 2.18. The molecule has 3 aromatic rings. The molecule has 0 bridgehead atoms. The molecule has 0 unspecified atom stereocenters. The van der Waals surface area contributed by atoms with Gasteiger partial charge in [0.1, 0.15) is 22.8 Å². The van der Waals surface area contributed by atoms with Crippen LogP contribution in [-0.2, 0) is 11.3 Å². The van der Waals surface area contributed by atoms with E-state index in [4.69, 9.17) is 18.9 Å². The van der Waals surface area contributed by atoms with Crippen LogP contribution in [0.25, 0.3) is 0 Å². The molecule has 0 atom stereocenters. The zero-order chi connectivity index (χ0) is 37.4. The van der Waals surface area contributed by atoms with Crippen molar-refractivity contribution in [2.75, 3.05) is 52.8 Å². The van der Waals surface area contributed by atoms with Crippen molar-refractivity contribution in [1.29, 1.82) is 0 Å². The van der Waals surface area contributed by atoms with Gasteiger partial charge in [0.05, 0.1) is 31.6 Å². The van der Waals surface area contributed by atoms with E-state index in [1.54, 1.807) is 82.2 Å². The SMILES string of the molecule is CNC(=O)N(C)CCCCOc1cc(C)ccc1CNC(=O)c1ccc(NC(=O)c2ccccc2OCCCNC(=O)OC(C)(C)C)c(OC)c1. The third kappa shape index (κ3) is 13.4. The Labute approximate surface area is 300 Å². The molecule has 276 valence electrons. The first-order valence-electron chi connectivity index (χ1n) is 16.9. The van der Waals surface area contributed by atoms with Gasteiger partial charge in [0.2, 0.25) is 0 Å². The number of carbonyl (C=O) groups excluding carboxylic acids is 4. The molecule has 3 aromatic carbocycles. The number of benzene rings is 3. The summed E-state index contributed by atoms with van der Waals surface area (Å²) >= 11 is 0. The molecule has 51 heavy (non-hydrogen) atoms. The maximum absolute atomic E-state index is 13.3. The van der Waals surface area contributed by atoms with E-state index in [0.717, 1.165) is 24.0 Å². The van der Waals surface area contributed by atoms with E-state index in [-0.39, 0.29) is 25.1 Å². The summed E-state index contributed by atoms with van der Waals surface area (Å²) in [7, 11) is 4.81. The zero-order valence-corrected chi connectivity index (χ0v) is 30.6. The molecule has 0 aliphatic carbocycles. The Morgan fingerprint density at radius 1 is 0.804 bits per heavy atom. The van der Waals surface area contributed by atoms with Crippen LogP contribution in [0.3, 0.4) is 0 Å². The normalized spacial score (nSPS) is 10.8. The van der Waals surface area contributed by atoms with Gasteiger partial charge in [-0.05, 0) is 88.9 Å². The van der Waals surface area contributed by atoms with Crippen molar-refractivity contribution >= 4 is 29.6 Å². The smallest absolute Gasteiger partial charge is 0.407 e. The van der Waals surface area contributed by atoms with Crippen LogP contribution in [0.15, 0.2) is 60.7 Å². The molecule has 5 amide bonds. The molecule has 13 nitrogen and oxygen atoms in total. The minimum atomic E-state index is -0.583. The van der Waals surface area contributed by atoms with Crippen LogP contribution in [0, 0.1) is 6.92 Å². The number of urea groups is 1. The minimum absolute atomic E-state index is 0.128. The molecule has 0 aliphatic rings. The number of ether oxygens (including phenoxy) is 4. The van der Waals surface area contributed by atoms with E-state index in [1.165, 1.54) is 7.11 Å². The first-order valence-corrected chi connectivity index (χ1v) is 16.9. The summed E-state index contributed by atoms with van der Waals surface area (Å²) < 4.78 is 22.7. The highest BCUT2D eigenvalue weighted by Crippen LogP contribution is 2.28. The van der Waals surface area contributed by atoms with Crippen LogP contribution in [-0.4, -0.2) is 81.9 Å². The lowest BCUT2D eigenvalue weighted by Gasteiger charge is -2.19. The number of nitrogens with one attached hydrogen (secondary N) is 4. The summed E-state index contributed by atoms with van der Waals surface area (Å²) in [5.74, 6) is 0.639. The number of anilines is 1. The number of nitrogens with zero attached hydrogens (tertiary/aromatic N) is 1. The van der Waals surface area contributed by atoms with E-state index < -0.39 is 17.6 Å². The van der Waals surface area contributed by atoms with Crippen molar-refractivity contribution < 1.29 is 38.1 Å². The van der Waals surface area contributed by atoms with E-state index in [9.17, 15) is 19.2 Å². The van der Waals surface area contributed by atoms with Crippen molar-refractivity contribution in [3.63, 3.8) is 0 Å². The summed E-state index contributed by atoms with van der Waals surface area (Å²) in [6, 6.07) is 17.3. The Morgan fingerprint density at radius 2 is 1.53 bits per heavy atom. The molecule has 0 saturated heterocycles. The monoisotopic (exact) mass is 705 g/mol. The number of carbonyl (C=O) groups is 4. The van der Waals surface area contributed by atoms with Crippen LogP contribution in [0.1, 0.15) is 71.9 Å². The van der Waals surface area contributed by atoms with Crippen LogP contribution in [0.5, 0.6) is 17.2 Å². The number of hydrogen-bond acceptors (Lipinski definition) is 8. The molecule has 3 rings (SSSR count). The standard InChI is InChI=1S/C38H51N5O8/c1-26-15-16-28(32(23-26)50-21-11-10-20-43(6)36(46)39-5)25-41-34(44)27-17-18-30(33(24-27)48-7)42-35(45)29-13-8-9-14-31(29)49-22-12-19-40-37(47)51-38(2,3)4/h8-9,13-18,23-24H,10-12,19-22,25H2,1-7H3,(H,39,46)(H,40,47)(H,41,44)(H,42,45). The largest absolute Gasteiger partial charge is 0.495 e. The number of rotatable bonds is 17. The second-order valence-electron chi connectivity index (χ2n) is 12.8. The zero-order valence-electron chi connectivity index (χ0n) is 30.6. The highest BCUT2D eigenvalue weighted by atomic mass is 16.6. The fourth-order valence-electron chi connectivity index (χ4n) is 4.81. The van der Waals surface area contributed by atoms with E-state index in [2.05, 4.69) is 21.3 Å². The van der Waals surface area contributed by atoms with Gasteiger partial charge in [-0.25, -0.2) is 9.59 Å². The molecule has 0 aromatic heterocycles. The molecule has 4 N–H and O–H groups in total. The third-order valence-corrected chi connectivity index (χ3v) is 7.46. The lowest BCUT2D eigenvalue weighted by molar-refractivity contribution is 0.0525. The van der Waals surface area contributed by atoms with Crippen LogP contribution in [0.4, 0.5) is 15.3 Å². The van der Waals surface area contributed by atoms with Gasteiger partial charge in [-0.1, -0.05) is 24.3 Å². The molecule has 0 heterocycles. The summed E-state index contributed by atoms with van der Waals surface area (Å²) in [5, 5.41) is 11.1. The third-order valence-electron chi connectivity index (χ3n) is 7.46. The minimum Gasteiger partial charge on any atom is -0.495 e. The highest BCUT2D eigenvalue weighted by molar-refractivity contribution is 6.07. The molecule has 13 heteroatoms. The summed E-state index contributed by atoms with van der Waals surface area (Å²) in [6.07, 6.45) is 1.55. The maximum atomic E-state index is 13.3. The van der Waals surface area contributed by atoms with Gasteiger partial charge in [-0.15, -0.1) is 0 Å². The van der Waals surface area contributed by atoms with Gasteiger partial charge in [0.15, 0.2) is 0 Å². The average Bonchev–Trinajstić information content (AvgIpc) is 3.09. The van der Waals surface area contributed by atoms with Crippen molar-refractivity contribution in [1.82, 2.24) is 20.9 Å². The van der Waals surface area contributed by atoms with Crippen molar-refractivity contribution in [2.24, 2.45) is 0 Å². The topological polar surface area (TPSA) is 157 Å². The fourth-order valence-corrected chi connectivity index (χ4v) is 4.81. The lowest BCUT2D eigenvalue weighted by atomic mass is 10.1. The summed E-state index contributed by atoms with van der Waals surface area (Å²) in [4.78, 5) is 51.6. The van der Waals surface area contributed by atoms with Gasteiger partial charge >= 0.3 is 12.1 Å². The molecular weight excluding hydrogens is 654 g/mol. The van der Waals surface area contributed by atoms with E-state index in [0.29, 0.717) is 60.2 Å². The number of methoxy groups -OCH3 is 1. The van der Waals surface area contributed by atoms with Crippen LogP contribution in [0.2, 0.25) is 0 Å². The average molecular weight is 706 g/mol. The van der Waals surface area contributed by atoms with Crippen molar-refractivity contribution in [3.8, 4) is 17.2 Å². The van der Waals surface area contributed by atoms with Crippen LogP contribution < -0.4 is 35.5 Å². The predicted molar refractivity (Wildman–Crippen MR) is 196 cm³/mol. The fraction of sp³-hybridized carbons (Fsp3) is 0.421. The number of alkyl carbamates (subject to hydrolysis) is 1. The lowest BCUT2D eigenvalue weighted by Crippen LogP contribution is -2.35. The molecule has 0 fully saturated rings. The number of aryl methyl sites for hydroxylation is 1. The number of unbranched alkanes of at least 4 members (excludes halogenated alkanes) is 1. The summed E-state index contributed by atoms with van der Waals surface area (Å²) in [5.41, 5.74) is 2.32. The second kappa shape index (κ2) is 19.7. The van der Waals surface area contributed by atoms with E-state index >= 15 is 0 Å². The van der Waals surface area contributed by atoms with Crippen molar-refractivity contribution in [2.45, 2.75) is 59.1 Å². The first-order chi connectivity index (χ1) is 24.3. The second-order valence-corrected chi connectivity index (χ2v) is 12.8. The van der Waals surface area contributed by atoms with Gasteiger partial charge in [-0.3, -0.25) is 9.59 Å². The Morgan fingerprint density at radius 3 is 2.25 bits per heavy atom. The number of hydrogen-bond donors (Lipinski definition) is 4. The quantitative estimate of drug-likeness (QED) is 0.126.